The minimum Gasteiger partial charge on any atom is -0.480 e. The lowest BCUT2D eigenvalue weighted by molar-refractivity contribution is -0.139. The summed E-state index contributed by atoms with van der Waals surface area (Å²) in [6.07, 6.45) is 0.672. The molecule has 1 aromatic carbocycles. The molecule has 3 N–H and O–H groups in total. The van der Waals surface area contributed by atoms with Crippen LogP contribution in [0.3, 0.4) is 0 Å². The molecule has 0 aliphatic rings. The molecule has 0 amide bonds. The number of nitrogens with one attached hydrogen (secondary N) is 1. The molecule has 18 heavy (non-hydrogen) atoms. The average molecular weight is 273 g/mol. The Morgan fingerprint density at radius 3 is 2.61 bits per heavy atom. The lowest BCUT2D eigenvalue weighted by atomic mass is 10.2. The summed E-state index contributed by atoms with van der Waals surface area (Å²) in [4.78, 5) is 10.7. The predicted molar refractivity (Wildman–Crippen MR) is 64.7 cm³/mol. The number of carboxylic acids is 1. The fourth-order valence-corrected chi connectivity index (χ4v) is 2.60. The molecule has 0 spiro atoms. The minimum atomic E-state index is -3.94. The van der Waals surface area contributed by atoms with E-state index in [0.29, 0.717) is 6.42 Å². The number of aliphatic carboxylic acids is 1. The molecule has 1 aromatic rings. The van der Waals surface area contributed by atoms with Crippen molar-refractivity contribution in [2.75, 3.05) is 6.61 Å². The third-order valence-electron chi connectivity index (χ3n) is 2.40. The van der Waals surface area contributed by atoms with Gasteiger partial charge in [-0.25, -0.2) is 8.42 Å². The molecule has 100 valence electrons. The van der Waals surface area contributed by atoms with Gasteiger partial charge >= 0.3 is 5.97 Å². The molecule has 0 saturated carbocycles. The highest BCUT2D eigenvalue weighted by molar-refractivity contribution is 7.89. The third kappa shape index (κ3) is 3.52. The molecule has 0 aliphatic heterocycles. The van der Waals surface area contributed by atoms with Gasteiger partial charge in [-0.15, -0.1) is 0 Å². The highest BCUT2D eigenvalue weighted by Gasteiger charge is 2.24. The van der Waals surface area contributed by atoms with Crippen LogP contribution in [0, 0.1) is 0 Å². The Bertz CT molecular complexity index is 526. The molecule has 1 rings (SSSR count). The number of rotatable bonds is 6. The number of sulfonamides is 1. The van der Waals surface area contributed by atoms with Crippen molar-refractivity contribution in [1.29, 1.82) is 0 Å². The number of aliphatic hydroxyl groups excluding tert-OH is 1. The van der Waals surface area contributed by atoms with E-state index in [-0.39, 0.29) is 4.90 Å². The molecular weight excluding hydrogens is 258 g/mol. The summed E-state index contributed by atoms with van der Waals surface area (Å²) in [6.45, 7) is 1.08. The summed E-state index contributed by atoms with van der Waals surface area (Å²) in [5.41, 5.74) is 0.828. The first kappa shape index (κ1) is 14.6. The summed E-state index contributed by atoms with van der Waals surface area (Å²) in [5.74, 6) is -1.42. The van der Waals surface area contributed by atoms with Gasteiger partial charge in [0.05, 0.1) is 11.5 Å². The van der Waals surface area contributed by atoms with Crippen molar-refractivity contribution in [2.45, 2.75) is 24.3 Å². The molecular formula is C11H15NO5S. The van der Waals surface area contributed by atoms with Crippen molar-refractivity contribution >= 4 is 16.0 Å². The highest BCUT2D eigenvalue weighted by Crippen LogP contribution is 2.12. The summed E-state index contributed by atoms with van der Waals surface area (Å²) in [6, 6.07) is 4.67. The molecule has 0 fully saturated rings. The van der Waals surface area contributed by atoms with E-state index in [2.05, 4.69) is 0 Å². The third-order valence-corrected chi connectivity index (χ3v) is 3.86. The first-order valence-electron chi connectivity index (χ1n) is 5.35. The van der Waals surface area contributed by atoms with E-state index in [9.17, 15) is 13.2 Å². The quantitative estimate of drug-likeness (QED) is 0.675. The fourth-order valence-electron chi connectivity index (χ4n) is 1.35. The van der Waals surface area contributed by atoms with Crippen molar-refractivity contribution < 1.29 is 23.4 Å². The monoisotopic (exact) mass is 273 g/mol. The lowest BCUT2D eigenvalue weighted by Gasteiger charge is -2.12. The summed E-state index contributed by atoms with van der Waals surface area (Å²) < 4.78 is 25.7. The zero-order valence-electron chi connectivity index (χ0n) is 9.83. The Labute approximate surface area is 105 Å². The van der Waals surface area contributed by atoms with E-state index in [4.69, 9.17) is 10.2 Å². The molecule has 0 unspecified atom stereocenters. The molecule has 0 saturated heterocycles. The van der Waals surface area contributed by atoms with Gasteiger partial charge in [0.25, 0.3) is 0 Å². The average Bonchev–Trinajstić information content (AvgIpc) is 2.35. The normalized spacial score (nSPS) is 13.2. The standard InChI is InChI=1S/C11H15NO5S/c1-2-8-4-3-5-9(6-8)18(16,17)12-10(7-13)11(14)15/h3-6,10,12-13H,2,7H2,1H3,(H,14,15)/t10-/m1/s1. The zero-order chi connectivity index (χ0) is 13.8. The minimum absolute atomic E-state index is 0.0125. The fraction of sp³-hybridized carbons (Fsp3) is 0.364. The molecule has 0 aliphatic carbocycles. The van der Waals surface area contributed by atoms with E-state index in [1.165, 1.54) is 12.1 Å². The van der Waals surface area contributed by atoms with Crippen molar-refractivity contribution in [3.8, 4) is 0 Å². The maximum atomic E-state index is 11.9. The topological polar surface area (TPSA) is 104 Å². The second-order valence-electron chi connectivity index (χ2n) is 3.70. The van der Waals surface area contributed by atoms with Crippen LogP contribution in [-0.2, 0) is 21.2 Å². The van der Waals surface area contributed by atoms with Crippen molar-refractivity contribution in [3.63, 3.8) is 0 Å². The Balaban J connectivity index is 3.02. The maximum absolute atomic E-state index is 11.9. The van der Waals surface area contributed by atoms with Gasteiger partial charge in [0.1, 0.15) is 6.04 Å². The second kappa shape index (κ2) is 5.94. The lowest BCUT2D eigenvalue weighted by Crippen LogP contribution is -2.43. The van der Waals surface area contributed by atoms with E-state index >= 15 is 0 Å². The molecule has 7 heteroatoms. The van der Waals surface area contributed by atoms with Crippen LogP contribution in [0.5, 0.6) is 0 Å². The van der Waals surface area contributed by atoms with Gasteiger partial charge in [0, 0.05) is 0 Å². The van der Waals surface area contributed by atoms with Gasteiger partial charge in [-0.2, -0.15) is 4.72 Å². The summed E-state index contributed by atoms with van der Waals surface area (Å²) >= 11 is 0. The predicted octanol–water partition coefficient (Wildman–Crippen LogP) is -0.0272. The number of hydrogen-bond acceptors (Lipinski definition) is 4. The van der Waals surface area contributed by atoms with Gasteiger partial charge in [-0.1, -0.05) is 19.1 Å². The molecule has 0 radical (unpaired) electrons. The van der Waals surface area contributed by atoms with Gasteiger partial charge in [0.2, 0.25) is 10.0 Å². The smallest absolute Gasteiger partial charge is 0.324 e. The van der Waals surface area contributed by atoms with E-state index < -0.39 is 28.6 Å². The number of aryl methyl sites for hydroxylation is 1. The molecule has 0 bridgehead atoms. The Morgan fingerprint density at radius 2 is 2.11 bits per heavy atom. The molecule has 0 aromatic heterocycles. The molecule has 0 heterocycles. The van der Waals surface area contributed by atoms with Gasteiger partial charge in [-0.05, 0) is 24.1 Å². The summed E-state index contributed by atoms with van der Waals surface area (Å²) in [5, 5.41) is 17.5. The van der Waals surface area contributed by atoms with Gasteiger partial charge in [0.15, 0.2) is 0 Å². The highest BCUT2D eigenvalue weighted by atomic mass is 32.2. The van der Waals surface area contributed by atoms with Crippen LogP contribution in [0.15, 0.2) is 29.2 Å². The van der Waals surface area contributed by atoms with E-state index in [1.54, 1.807) is 12.1 Å². The number of hydrogen-bond donors (Lipinski definition) is 3. The van der Waals surface area contributed by atoms with Crippen molar-refractivity contribution in [1.82, 2.24) is 4.72 Å². The van der Waals surface area contributed by atoms with Crippen LogP contribution in [-0.4, -0.2) is 37.2 Å². The largest absolute Gasteiger partial charge is 0.480 e. The number of carbonyl (C=O) groups is 1. The first-order valence-corrected chi connectivity index (χ1v) is 6.84. The Morgan fingerprint density at radius 1 is 1.44 bits per heavy atom. The number of carboxylic acid groups (broad SMARTS) is 1. The number of aliphatic hydroxyl groups is 1. The molecule has 6 nitrogen and oxygen atoms in total. The molecule has 1 atom stereocenters. The van der Waals surface area contributed by atoms with Crippen LogP contribution in [0.1, 0.15) is 12.5 Å². The van der Waals surface area contributed by atoms with Crippen LogP contribution >= 0.6 is 0 Å². The van der Waals surface area contributed by atoms with Crippen molar-refractivity contribution in [3.05, 3.63) is 29.8 Å². The van der Waals surface area contributed by atoms with Gasteiger partial charge in [-0.3, -0.25) is 4.79 Å². The summed E-state index contributed by atoms with van der Waals surface area (Å²) in [7, 11) is -3.94. The second-order valence-corrected chi connectivity index (χ2v) is 5.41. The Kier molecular flexibility index (Phi) is 4.83. The van der Waals surface area contributed by atoms with Gasteiger partial charge < -0.3 is 10.2 Å². The maximum Gasteiger partial charge on any atom is 0.324 e. The zero-order valence-corrected chi connectivity index (χ0v) is 10.6. The Hall–Kier alpha value is -1.44. The van der Waals surface area contributed by atoms with Crippen LogP contribution in [0.2, 0.25) is 0 Å². The first-order chi connectivity index (χ1) is 8.40. The SMILES string of the molecule is CCc1cccc(S(=O)(=O)N[C@H](CO)C(=O)O)c1. The van der Waals surface area contributed by atoms with Crippen LogP contribution in [0.25, 0.3) is 0 Å². The van der Waals surface area contributed by atoms with Crippen LogP contribution in [0.4, 0.5) is 0 Å². The van der Waals surface area contributed by atoms with Crippen LogP contribution < -0.4 is 4.72 Å². The van der Waals surface area contributed by atoms with E-state index in [0.717, 1.165) is 5.56 Å². The number of benzene rings is 1. The van der Waals surface area contributed by atoms with Crippen molar-refractivity contribution in [2.24, 2.45) is 0 Å². The van der Waals surface area contributed by atoms with E-state index in [1.807, 2.05) is 11.6 Å².